The van der Waals surface area contributed by atoms with E-state index in [0.717, 1.165) is 6.42 Å². The number of ether oxygens (including phenoxy) is 1. The van der Waals surface area contributed by atoms with Crippen molar-refractivity contribution < 1.29 is 14.3 Å². The lowest BCUT2D eigenvalue weighted by Crippen LogP contribution is -2.31. The van der Waals surface area contributed by atoms with Crippen molar-refractivity contribution in [1.29, 1.82) is 5.26 Å². The lowest BCUT2D eigenvalue weighted by molar-refractivity contribution is -0.123. The Kier molecular flexibility index (Phi) is 5.90. The summed E-state index contributed by atoms with van der Waals surface area (Å²) in [7, 11) is 0. The molecule has 0 radical (unpaired) electrons. The Morgan fingerprint density at radius 1 is 1.28 bits per heavy atom. The Hall–Kier alpha value is -3.14. The van der Waals surface area contributed by atoms with E-state index < -0.39 is 18.0 Å². The number of carbonyl (C=O) groups is 2. The smallest absolute Gasteiger partial charge is 0.338 e. The zero-order chi connectivity index (χ0) is 18.4. The van der Waals surface area contributed by atoms with Crippen molar-refractivity contribution in [3.05, 3.63) is 47.7 Å². The number of nitrogens with zero attached hydrogens (tertiary/aromatic N) is 3. The average Bonchev–Trinajstić information content (AvgIpc) is 3.09. The predicted molar refractivity (Wildman–Crippen MR) is 91.9 cm³/mol. The van der Waals surface area contributed by atoms with Gasteiger partial charge in [-0.15, -0.1) is 0 Å². The summed E-state index contributed by atoms with van der Waals surface area (Å²) in [6, 6.07) is 9.82. The van der Waals surface area contributed by atoms with Crippen molar-refractivity contribution in [2.45, 2.75) is 39.3 Å². The third kappa shape index (κ3) is 4.44. The Morgan fingerprint density at radius 3 is 2.56 bits per heavy atom. The molecule has 0 aliphatic heterocycles. The van der Waals surface area contributed by atoms with Gasteiger partial charge >= 0.3 is 5.97 Å². The third-order valence-electron chi connectivity index (χ3n) is 3.83. The SMILES string of the molecule is CC[C@@H](C)n1nccc1NC(=O)[C@@H](C)OC(=O)c1ccc(C#N)cc1. The summed E-state index contributed by atoms with van der Waals surface area (Å²) in [5.74, 6) is -0.504. The van der Waals surface area contributed by atoms with Crippen LogP contribution in [0.1, 0.15) is 49.2 Å². The van der Waals surface area contributed by atoms with Gasteiger partial charge in [0.25, 0.3) is 5.91 Å². The van der Waals surface area contributed by atoms with Gasteiger partial charge in [-0.1, -0.05) is 6.92 Å². The van der Waals surface area contributed by atoms with E-state index in [0.29, 0.717) is 11.4 Å². The minimum absolute atomic E-state index is 0.141. The summed E-state index contributed by atoms with van der Waals surface area (Å²) in [6.07, 6.45) is 1.51. The van der Waals surface area contributed by atoms with Gasteiger partial charge in [0.05, 0.1) is 29.4 Å². The fraction of sp³-hybridized carbons (Fsp3) is 0.333. The van der Waals surface area contributed by atoms with Crippen LogP contribution in [0.15, 0.2) is 36.5 Å². The number of rotatable bonds is 6. The van der Waals surface area contributed by atoms with Crippen LogP contribution < -0.4 is 5.32 Å². The number of hydrogen-bond donors (Lipinski definition) is 1. The molecular weight excluding hydrogens is 320 g/mol. The first kappa shape index (κ1) is 18.2. The predicted octanol–water partition coefficient (Wildman–Crippen LogP) is 2.91. The second-order valence-corrected chi connectivity index (χ2v) is 5.64. The van der Waals surface area contributed by atoms with Gasteiger partial charge in [0.15, 0.2) is 6.10 Å². The summed E-state index contributed by atoms with van der Waals surface area (Å²) < 4.78 is 6.90. The van der Waals surface area contributed by atoms with Gasteiger partial charge < -0.3 is 10.1 Å². The Labute approximate surface area is 146 Å². The monoisotopic (exact) mass is 340 g/mol. The van der Waals surface area contributed by atoms with Gasteiger partial charge in [-0.25, -0.2) is 9.48 Å². The first-order valence-corrected chi connectivity index (χ1v) is 8.01. The summed E-state index contributed by atoms with van der Waals surface area (Å²) >= 11 is 0. The van der Waals surface area contributed by atoms with Gasteiger partial charge in [-0.3, -0.25) is 4.79 Å². The molecule has 0 bridgehead atoms. The van der Waals surface area contributed by atoms with Crippen LogP contribution in [0.25, 0.3) is 0 Å². The van der Waals surface area contributed by atoms with Crippen molar-refractivity contribution in [3.63, 3.8) is 0 Å². The molecule has 1 amide bonds. The molecule has 25 heavy (non-hydrogen) atoms. The molecule has 1 N–H and O–H groups in total. The van der Waals surface area contributed by atoms with Crippen LogP contribution in [0, 0.1) is 11.3 Å². The van der Waals surface area contributed by atoms with E-state index in [1.165, 1.54) is 31.2 Å². The van der Waals surface area contributed by atoms with Gasteiger partial charge in [0, 0.05) is 6.07 Å². The van der Waals surface area contributed by atoms with E-state index in [2.05, 4.69) is 10.4 Å². The fourth-order valence-electron chi connectivity index (χ4n) is 2.13. The largest absolute Gasteiger partial charge is 0.449 e. The number of nitriles is 1. The third-order valence-corrected chi connectivity index (χ3v) is 3.83. The lowest BCUT2D eigenvalue weighted by atomic mass is 10.1. The number of benzene rings is 1. The van der Waals surface area contributed by atoms with Crippen LogP contribution in [-0.4, -0.2) is 27.8 Å². The van der Waals surface area contributed by atoms with Gasteiger partial charge in [0.2, 0.25) is 0 Å². The highest BCUT2D eigenvalue weighted by Gasteiger charge is 2.21. The standard InChI is InChI=1S/C18H20N4O3/c1-4-12(2)22-16(9-10-20-22)21-17(23)13(3)25-18(24)15-7-5-14(11-19)6-8-15/h5-10,12-13H,4H2,1-3H3,(H,21,23)/t12-,13-/m1/s1. The second-order valence-electron chi connectivity index (χ2n) is 5.64. The number of nitrogens with one attached hydrogen (secondary N) is 1. The number of esters is 1. The molecule has 7 heteroatoms. The number of aromatic nitrogens is 2. The van der Waals surface area contributed by atoms with Crippen molar-refractivity contribution in [2.24, 2.45) is 0 Å². The molecule has 0 unspecified atom stereocenters. The Bertz CT molecular complexity index is 789. The maximum Gasteiger partial charge on any atom is 0.338 e. The highest BCUT2D eigenvalue weighted by atomic mass is 16.5. The normalized spacial score (nSPS) is 12.7. The lowest BCUT2D eigenvalue weighted by Gasteiger charge is -2.17. The molecule has 1 heterocycles. The molecule has 130 valence electrons. The number of amides is 1. The van der Waals surface area contributed by atoms with Crippen molar-refractivity contribution in [3.8, 4) is 6.07 Å². The van der Waals surface area contributed by atoms with Crippen molar-refractivity contribution in [1.82, 2.24) is 9.78 Å². The topological polar surface area (TPSA) is 97.0 Å². The van der Waals surface area contributed by atoms with Crippen molar-refractivity contribution in [2.75, 3.05) is 5.32 Å². The summed E-state index contributed by atoms with van der Waals surface area (Å²) in [6.45, 7) is 5.53. The van der Waals surface area contributed by atoms with E-state index in [1.54, 1.807) is 16.9 Å². The fourth-order valence-corrected chi connectivity index (χ4v) is 2.13. The molecule has 0 saturated carbocycles. The molecule has 7 nitrogen and oxygen atoms in total. The van der Waals surface area contributed by atoms with Crippen LogP contribution in [0.3, 0.4) is 0 Å². The van der Waals surface area contributed by atoms with Gasteiger partial charge in [0.1, 0.15) is 5.82 Å². The van der Waals surface area contributed by atoms with Crippen LogP contribution in [-0.2, 0) is 9.53 Å². The molecule has 0 aliphatic carbocycles. The number of hydrogen-bond acceptors (Lipinski definition) is 5. The highest BCUT2D eigenvalue weighted by Crippen LogP contribution is 2.17. The van der Waals surface area contributed by atoms with Crippen LogP contribution in [0.4, 0.5) is 5.82 Å². The molecule has 2 rings (SSSR count). The van der Waals surface area contributed by atoms with Crippen LogP contribution in [0.2, 0.25) is 0 Å². The Balaban J connectivity index is 1.99. The summed E-state index contributed by atoms with van der Waals surface area (Å²) in [4.78, 5) is 24.3. The van der Waals surface area contributed by atoms with E-state index >= 15 is 0 Å². The zero-order valence-corrected chi connectivity index (χ0v) is 14.4. The van der Waals surface area contributed by atoms with E-state index in [-0.39, 0.29) is 11.6 Å². The van der Waals surface area contributed by atoms with E-state index in [9.17, 15) is 9.59 Å². The molecule has 0 spiro atoms. The van der Waals surface area contributed by atoms with E-state index in [4.69, 9.17) is 10.00 Å². The highest BCUT2D eigenvalue weighted by molar-refractivity contribution is 5.96. The first-order chi connectivity index (χ1) is 12.0. The van der Waals surface area contributed by atoms with Crippen molar-refractivity contribution >= 4 is 17.7 Å². The molecular formula is C18H20N4O3. The summed E-state index contributed by atoms with van der Waals surface area (Å²) in [5.41, 5.74) is 0.726. The number of anilines is 1. The maximum absolute atomic E-state index is 12.3. The van der Waals surface area contributed by atoms with Crippen LogP contribution >= 0.6 is 0 Å². The maximum atomic E-state index is 12.3. The van der Waals surface area contributed by atoms with E-state index in [1.807, 2.05) is 19.9 Å². The zero-order valence-electron chi connectivity index (χ0n) is 14.4. The molecule has 2 atom stereocenters. The minimum atomic E-state index is -0.969. The molecule has 1 aromatic carbocycles. The van der Waals surface area contributed by atoms with Gasteiger partial charge in [-0.05, 0) is 44.5 Å². The average molecular weight is 340 g/mol. The second kappa shape index (κ2) is 8.11. The quantitative estimate of drug-likeness (QED) is 0.816. The van der Waals surface area contributed by atoms with Crippen LogP contribution in [0.5, 0.6) is 0 Å². The molecule has 1 aromatic heterocycles. The number of carbonyl (C=O) groups excluding carboxylic acids is 2. The first-order valence-electron chi connectivity index (χ1n) is 8.01. The summed E-state index contributed by atoms with van der Waals surface area (Å²) in [5, 5.41) is 15.7. The minimum Gasteiger partial charge on any atom is -0.449 e. The molecule has 0 fully saturated rings. The van der Waals surface area contributed by atoms with Gasteiger partial charge in [-0.2, -0.15) is 10.4 Å². The molecule has 2 aromatic rings. The molecule has 0 saturated heterocycles. The molecule has 0 aliphatic rings. The Morgan fingerprint density at radius 2 is 1.96 bits per heavy atom.